The summed E-state index contributed by atoms with van der Waals surface area (Å²) in [6.45, 7) is 6.67. The van der Waals surface area contributed by atoms with Crippen LogP contribution in [0.1, 0.15) is 51.5 Å². The van der Waals surface area contributed by atoms with Crippen LogP contribution in [-0.2, 0) is 0 Å². The largest absolute Gasteiger partial charge is 0.381 e. The van der Waals surface area contributed by atoms with E-state index >= 15 is 0 Å². The number of hydrogen-bond acceptors (Lipinski definition) is 1. The summed E-state index contributed by atoms with van der Waals surface area (Å²) >= 11 is 12.5. The molecule has 0 spiro atoms. The molecule has 0 heterocycles. The van der Waals surface area contributed by atoms with Crippen molar-refractivity contribution >= 4 is 28.9 Å². The van der Waals surface area contributed by atoms with Gasteiger partial charge in [-0.25, -0.2) is 0 Å². The van der Waals surface area contributed by atoms with Crippen LogP contribution >= 0.6 is 23.2 Å². The molecular formula is C17H25Cl2N. The third-order valence-corrected chi connectivity index (χ3v) is 5.28. The summed E-state index contributed by atoms with van der Waals surface area (Å²) in [5, 5.41) is 5.16. The van der Waals surface area contributed by atoms with Crippen molar-refractivity contribution in [3.63, 3.8) is 0 Å². The Hall–Kier alpha value is -0.400. The van der Waals surface area contributed by atoms with Gasteiger partial charge in [-0.1, -0.05) is 49.9 Å². The molecule has 112 valence electrons. The van der Waals surface area contributed by atoms with Gasteiger partial charge in [0, 0.05) is 11.1 Å². The quantitative estimate of drug-likeness (QED) is 0.644. The lowest BCUT2D eigenvalue weighted by molar-refractivity contribution is 0.341. The molecule has 2 unspecified atom stereocenters. The van der Waals surface area contributed by atoms with E-state index in [0.29, 0.717) is 6.04 Å². The molecular weight excluding hydrogens is 289 g/mol. The van der Waals surface area contributed by atoms with Crippen LogP contribution in [-0.4, -0.2) is 6.04 Å². The number of benzene rings is 1. The highest BCUT2D eigenvalue weighted by Gasteiger charge is 2.21. The van der Waals surface area contributed by atoms with Gasteiger partial charge in [0.05, 0.1) is 10.7 Å². The van der Waals surface area contributed by atoms with Gasteiger partial charge >= 0.3 is 0 Å². The van der Waals surface area contributed by atoms with Crippen LogP contribution in [0.15, 0.2) is 12.1 Å². The van der Waals surface area contributed by atoms with Gasteiger partial charge in [0.15, 0.2) is 0 Å². The first-order chi connectivity index (χ1) is 9.47. The molecule has 2 rings (SSSR count). The molecule has 0 aromatic heterocycles. The van der Waals surface area contributed by atoms with Gasteiger partial charge in [-0.3, -0.25) is 0 Å². The number of nitrogens with one attached hydrogen (secondary N) is 1. The zero-order valence-electron chi connectivity index (χ0n) is 12.7. The fraction of sp³-hybridized carbons (Fsp3) is 0.647. The molecule has 3 heteroatoms. The molecule has 1 aliphatic carbocycles. The van der Waals surface area contributed by atoms with Gasteiger partial charge in [-0.15, -0.1) is 0 Å². The van der Waals surface area contributed by atoms with Crippen LogP contribution in [0, 0.1) is 18.8 Å². The first kappa shape index (κ1) is 16.0. The van der Waals surface area contributed by atoms with Crippen molar-refractivity contribution in [2.75, 3.05) is 5.32 Å². The second kappa shape index (κ2) is 7.04. The predicted molar refractivity (Wildman–Crippen MR) is 90.0 cm³/mol. The van der Waals surface area contributed by atoms with Crippen molar-refractivity contribution in [2.45, 2.75) is 58.9 Å². The Labute approximate surface area is 133 Å². The first-order valence-corrected chi connectivity index (χ1v) is 8.45. The fourth-order valence-corrected chi connectivity index (χ4v) is 3.55. The molecule has 0 radical (unpaired) electrons. The zero-order valence-corrected chi connectivity index (χ0v) is 14.2. The Balaban J connectivity index is 2.02. The second-order valence-electron chi connectivity index (χ2n) is 6.43. The van der Waals surface area contributed by atoms with Crippen LogP contribution in [0.4, 0.5) is 5.69 Å². The summed E-state index contributed by atoms with van der Waals surface area (Å²) in [6.07, 6.45) is 6.43. The van der Waals surface area contributed by atoms with Crippen molar-refractivity contribution in [1.82, 2.24) is 0 Å². The normalized spacial score (nSPS) is 23.7. The molecule has 0 bridgehead atoms. The molecule has 1 aromatic carbocycles. The zero-order chi connectivity index (χ0) is 14.7. The molecule has 1 N–H and O–H groups in total. The Morgan fingerprint density at radius 2 is 1.80 bits per heavy atom. The Morgan fingerprint density at radius 1 is 1.05 bits per heavy atom. The van der Waals surface area contributed by atoms with Crippen LogP contribution in [0.2, 0.25) is 10.0 Å². The standard InChI is InChI=1S/C17H25Cl2N/c1-11(2)13-5-4-6-14(8-7-13)20-17-10-15(18)12(3)9-16(17)19/h9-11,13-14,20H,4-8H2,1-3H3. The van der Waals surface area contributed by atoms with Crippen molar-refractivity contribution in [3.05, 3.63) is 27.7 Å². The molecule has 20 heavy (non-hydrogen) atoms. The monoisotopic (exact) mass is 313 g/mol. The fourth-order valence-electron chi connectivity index (χ4n) is 3.12. The summed E-state index contributed by atoms with van der Waals surface area (Å²) in [6, 6.07) is 4.43. The average Bonchev–Trinajstić information content (AvgIpc) is 2.61. The maximum Gasteiger partial charge on any atom is 0.0641 e. The van der Waals surface area contributed by atoms with Crippen molar-refractivity contribution < 1.29 is 0 Å². The molecule has 1 fully saturated rings. The SMILES string of the molecule is Cc1cc(Cl)c(NC2CCCC(C(C)C)CC2)cc1Cl. The molecule has 1 aliphatic rings. The van der Waals surface area contributed by atoms with Crippen LogP contribution in [0.3, 0.4) is 0 Å². The third kappa shape index (κ3) is 4.05. The van der Waals surface area contributed by atoms with Gasteiger partial charge < -0.3 is 5.32 Å². The highest BCUT2D eigenvalue weighted by Crippen LogP contribution is 2.33. The third-order valence-electron chi connectivity index (χ3n) is 4.56. The van der Waals surface area contributed by atoms with Crippen molar-refractivity contribution in [3.8, 4) is 0 Å². The van der Waals surface area contributed by atoms with E-state index < -0.39 is 0 Å². The van der Waals surface area contributed by atoms with Crippen molar-refractivity contribution in [1.29, 1.82) is 0 Å². The Bertz CT molecular complexity index is 457. The first-order valence-electron chi connectivity index (χ1n) is 7.69. The van der Waals surface area contributed by atoms with E-state index in [1.165, 1.54) is 32.1 Å². The summed E-state index contributed by atoms with van der Waals surface area (Å²) in [4.78, 5) is 0. The summed E-state index contributed by atoms with van der Waals surface area (Å²) in [5.74, 6) is 1.67. The van der Waals surface area contributed by atoms with Gasteiger partial charge in [-0.05, 0) is 55.7 Å². The molecule has 1 aromatic rings. The number of aryl methyl sites for hydroxylation is 1. The number of halogens is 2. The lowest BCUT2D eigenvalue weighted by Crippen LogP contribution is -2.19. The van der Waals surface area contributed by atoms with E-state index in [-0.39, 0.29) is 0 Å². The highest BCUT2D eigenvalue weighted by atomic mass is 35.5. The number of anilines is 1. The Kier molecular flexibility index (Phi) is 5.63. The minimum atomic E-state index is 0.523. The molecule has 1 saturated carbocycles. The lowest BCUT2D eigenvalue weighted by Gasteiger charge is -2.20. The van der Waals surface area contributed by atoms with E-state index in [2.05, 4.69) is 19.2 Å². The predicted octanol–water partition coefficient (Wildman–Crippen LogP) is 6.32. The Morgan fingerprint density at radius 3 is 2.50 bits per heavy atom. The summed E-state index contributed by atoms with van der Waals surface area (Å²) in [5.41, 5.74) is 2.01. The molecule has 1 nitrogen and oxygen atoms in total. The van der Waals surface area contributed by atoms with E-state index in [1.807, 2.05) is 19.1 Å². The lowest BCUT2D eigenvalue weighted by atomic mass is 9.89. The summed E-state index contributed by atoms with van der Waals surface area (Å²) < 4.78 is 0. The van der Waals surface area contributed by atoms with E-state index in [4.69, 9.17) is 23.2 Å². The van der Waals surface area contributed by atoms with Gasteiger partial charge in [-0.2, -0.15) is 0 Å². The highest BCUT2D eigenvalue weighted by molar-refractivity contribution is 6.35. The molecule has 0 saturated heterocycles. The minimum absolute atomic E-state index is 0.523. The van der Waals surface area contributed by atoms with E-state index in [9.17, 15) is 0 Å². The maximum absolute atomic E-state index is 6.32. The van der Waals surface area contributed by atoms with Crippen LogP contribution < -0.4 is 5.32 Å². The number of rotatable bonds is 3. The van der Waals surface area contributed by atoms with Gasteiger partial charge in [0.25, 0.3) is 0 Å². The van der Waals surface area contributed by atoms with Crippen molar-refractivity contribution in [2.24, 2.45) is 11.8 Å². The minimum Gasteiger partial charge on any atom is -0.381 e. The summed E-state index contributed by atoms with van der Waals surface area (Å²) in [7, 11) is 0. The van der Waals surface area contributed by atoms with Gasteiger partial charge in [0.1, 0.15) is 0 Å². The topological polar surface area (TPSA) is 12.0 Å². The molecule has 0 amide bonds. The van der Waals surface area contributed by atoms with E-state index in [0.717, 1.165) is 33.1 Å². The maximum atomic E-state index is 6.32. The average molecular weight is 314 g/mol. The number of hydrogen-bond donors (Lipinski definition) is 1. The molecule has 0 aliphatic heterocycles. The van der Waals surface area contributed by atoms with Crippen LogP contribution in [0.5, 0.6) is 0 Å². The van der Waals surface area contributed by atoms with Crippen LogP contribution in [0.25, 0.3) is 0 Å². The smallest absolute Gasteiger partial charge is 0.0641 e. The van der Waals surface area contributed by atoms with Gasteiger partial charge in [0.2, 0.25) is 0 Å². The van der Waals surface area contributed by atoms with E-state index in [1.54, 1.807) is 0 Å². The second-order valence-corrected chi connectivity index (χ2v) is 7.25. The molecule has 2 atom stereocenters.